The fourth-order valence-electron chi connectivity index (χ4n) is 3.78. The van der Waals surface area contributed by atoms with Gasteiger partial charge in [0.2, 0.25) is 5.91 Å². The predicted octanol–water partition coefficient (Wildman–Crippen LogP) is 4.49. The number of amides is 1. The van der Waals surface area contributed by atoms with E-state index in [0.29, 0.717) is 29.8 Å². The van der Waals surface area contributed by atoms with Gasteiger partial charge in [-0.1, -0.05) is 64.1 Å². The van der Waals surface area contributed by atoms with Gasteiger partial charge >= 0.3 is 11.9 Å². The normalized spacial score (nSPS) is 12.3. The van der Waals surface area contributed by atoms with Crippen LogP contribution in [0.4, 0.5) is 0 Å². The lowest BCUT2D eigenvalue weighted by molar-refractivity contribution is -0.145. The highest BCUT2D eigenvalue weighted by molar-refractivity contribution is 5.78. The largest absolute Gasteiger partial charge is 0.461 e. The maximum absolute atomic E-state index is 12.3. The third-order valence-corrected chi connectivity index (χ3v) is 5.94. The van der Waals surface area contributed by atoms with Crippen molar-refractivity contribution in [3.63, 3.8) is 0 Å². The average Bonchev–Trinajstić information content (AvgIpc) is 2.85. The number of hydrogen-bond acceptors (Lipinski definition) is 7. The van der Waals surface area contributed by atoms with Crippen LogP contribution < -0.4 is 15.4 Å². The minimum absolute atomic E-state index is 0.0667. The number of aliphatic hydroxyl groups excluding tert-OH is 1. The number of ether oxygens (including phenoxy) is 2. The maximum atomic E-state index is 12.3. The van der Waals surface area contributed by atoms with E-state index >= 15 is 0 Å². The number of β-amino-alcohol motifs (C(OH)–C–C–N with tert-alkyl or cyclic N) is 1. The van der Waals surface area contributed by atoms with E-state index in [1.807, 2.05) is 71.9 Å². The van der Waals surface area contributed by atoms with Gasteiger partial charge in [0.05, 0.1) is 12.5 Å². The molecule has 2 aromatic rings. The molecule has 0 aliphatic carbocycles. The first-order chi connectivity index (χ1) is 18.3. The van der Waals surface area contributed by atoms with E-state index in [0.717, 1.165) is 5.56 Å². The molecule has 0 aromatic heterocycles. The highest BCUT2D eigenvalue weighted by Gasteiger charge is 2.22. The fourth-order valence-corrected chi connectivity index (χ4v) is 3.78. The zero-order chi connectivity index (χ0) is 29.0. The minimum Gasteiger partial charge on any atom is -0.461 e. The summed E-state index contributed by atoms with van der Waals surface area (Å²) in [4.78, 5) is 36.7. The van der Waals surface area contributed by atoms with E-state index in [1.54, 1.807) is 18.2 Å². The van der Waals surface area contributed by atoms with Gasteiger partial charge in [0, 0.05) is 37.0 Å². The monoisotopic (exact) mass is 540 g/mol. The van der Waals surface area contributed by atoms with E-state index in [1.165, 1.54) is 0 Å². The molecule has 0 saturated heterocycles. The number of hydrogen-bond donors (Lipinski definition) is 3. The summed E-state index contributed by atoms with van der Waals surface area (Å²) in [6.07, 6.45) is -0.0309. The van der Waals surface area contributed by atoms with Gasteiger partial charge < -0.3 is 25.2 Å². The highest BCUT2D eigenvalue weighted by Crippen LogP contribution is 2.26. The van der Waals surface area contributed by atoms with Gasteiger partial charge in [0.1, 0.15) is 12.4 Å². The topological polar surface area (TPSA) is 114 Å². The molecule has 2 rings (SSSR count). The van der Waals surface area contributed by atoms with Crippen LogP contribution in [0.25, 0.3) is 0 Å². The molecule has 0 radical (unpaired) electrons. The summed E-state index contributed by atoms with van der Waals surface area (Å²) in [6.45, 7) is 12.1. The van der Waals surface area contributed by atoms with Gasteiger partial charge in [-0.05, 0) is 48.9 Å². The Kier molecular flexibility index (Phi) is 12.6. The van der Waals surface area contributed by atoms with Crippen LogP contribution in [0.1, 0.15) is 77.2 Å². The van der Waals surface area contributed by atoms with Crippen molar-refractivity contribution in [2.45, 2.75) is 79.1 Å². The summed E-state index contributed by atoms with van der Waals surface area (Å²) in [5, 5.41) is 17.1. The van der Waals surface area contributed by atoms with Crippen molar-refractivity contribution >= 4 is 17.8 Å². The van der Waals surface area contributed by atoms with Crippen LogP contribution in [0, 0.1) is 11.8 Å². The van der Waals surface area contributed by atoms with Gasteiger partial charge in [0.25, 0.3) is 0 Å². The zero-order valence-electron chi connectivity index (χ0n) is 24.1. The molecule has 1 unspecified atom stereocenters. The van der Waals surface area contributed by atoms with Crippen LogP contribution in [0.3, 0.4) is 0 Å². The van der Waals surface area contributed by atoms with Crippen LogP contribution in [-0.2, 0) is 32.1 Å². The van der Waals surface area contributed by atoms with Crippen molar-refractivity contribution in [1.29, 1.82) is 0 Å². The lowest BCUT2D eigenvalue weighted by Crippen LogP contribution is -2.50. The van der Waals surface area contributed by atoms with Crippen LogP contribution in [0.15, 0.2) is 48.5 Å². The van der Waals surface area contributed by atoms with Crippen molar-refractivity contribution in [2.75, 3.05) is 13.1 Å². The summed E-state index contributed by atoms with van der Waals surface area (Å²) in [7, 11) is 0. The van der Waals surface area contributed by atoms with E-state index in [9.17, 15) is 19.5 Å². The molecular weight excluding hydrogens is 496 g/mol. The summed E-state index contributed by atoms with van der Waals surface area (Å²) < 4.78 is 11.0. The molecule has 214 valence electrons. The summed E-state index contributed by atoms with van der Waals surface area (Å²) in [5.41, 5.74) is 1.56. The Morgan fingerprint density at radius 3 is 2.21 bits per heavy atom. The highest BCUT2D eigenvalue weighted by atomic mass is 16.5. The van der Waals surface area contributed by atoms with Crippen LogP contribution >= 0.6 is 0 Å². The molecule has 2 aromatic carbocycles. The Morgan fingerprint density at radius 1 is 0.923 bits per heavy atom. The second kappa shape index (κ2) is 15.4. The Bertz CT molecular complexity index is 1080. The number of benzene rings is 2. The second-order valence-corrected chi connectivity index (χ2v) is 11.4. The molecular formula is C31H44N2O6. The Morgan fingerprint density at radius 2 is 1.56 bits per heavy atom. The first kappa shape index (κ1) is 32.0. The Hall–Kier alpha value is -3.23. The molecule has 1 amide bonds. The number of esters is 2. The van der Waals surface area contributed by atoms with Crippen molar-refractivity contribution in [3.05, 3.63) is 65.2 Å². The van der Waals surface area contributed by atoms with Crippen molar-refractivity contribution in [1.82, 2.24) is 10.6 Å². The molecule has 3 N–H and O–H groups in total. The average molecular weight is 541 g/mol. The van der Waals surface area contributed by atoms with Crippen LogP contribution in [0.5, 0.6) is 5.75 Å². The predicted molar refractivity (Wildman–Crippen MR) is 151 cm³/mol. The Labute approximate surface area is 232 Å². The standard InChI is InChI=1S/C31H44N2O6/c1-21(2)14-29(36)38-19-25-17-24(12-13-27(25)39-30(37)15-22(3)4)26(34)18-33-31(5,6)20-32-28(35)16-23-10-8-7-9-11-23/h7-13,17,21-22,26,33-34H,14-16,18-20H2,1-6H3,(H,32,35). The molecule has 0 heterocycles. The minimum atomic E-state index is -0.880. The molecule has 1 atom stereocenters. The quantitative estimate of drug-likeness (QED) is 0.225. The number of nitrogens with one attached hydrogen (secondary N) is 2. The van der Waals surface area contributed by atoms with E-state index in [2.05, 4.69) is 10.6 Å². The lowest BCUT2D eigenvalue weighted by atomic mass is 10.0. The molecule has 8 nitrogen and oxygen atoms in total. The van der Waals surface area contributed by atoms with E-state index < -0.39 is 11.6 Å². The first-order valence-electron chi connectivity index (χ1n) is 13.6. The second-order valence-electron chi connectivity index (χ2n) is 11.4. The smallest absolute Gasteiger partial charge is 0.311 e. The number of carbonyl (C=O) groups excluding carboxylic acids is 3. The third-order valence-electron chi connectivity index (χ3n) is 5.94. The van der Waals surface area contributed by atoms with Gasteiger partial charge in [-0.15, -0.1) is 0 Å². The lowest BCUT2D eigenvalue weighted by Gasteiger charge is -2.28. The van der Waals surface area contributed by atoms with Gasteiger partial charge in [-0.25, -0.2) is 0 Å². The fraction of sp³-hybridized carbons (Fsp3) is 0.516. The third kappa shape index (κ3) is 12.4. The van der Waals surface area contributed by atoms with Gasteiger partial charge in [-0.3, -0.25) is 14.4 Å². The molecule has 0 aliphatic rings. The molecule has 39 heavy (non-hydrogen) atoms. The van der Waals surface area contributed by atoms with Crippen molar-refractivity contribution in [3.8, 4) is 5.75 Å². The Balaban J connectivity index is 2.01. The summed E-state index contributed by atoms with van der Waals surface area (Å²) >= 11 is 0. The SMILES string of the molecule is CC(C)CC(=O)OCc1cc(C(O)CNC(C)(C)CNC(=O)Cc2ccccc2)ccc1OC(=O)CC(C)C. The van der Waals surface area contributed by atoms with Crippen LogP contribution in [0.2, 0.25) is 0 Å². The molecule has 0 spiro atoms. The number of carbonyl (C=O) groups is 3. The van der Waals surface area contributed by atoms with Crippen molar-refractivity contribution < 1.29 is 29.0 Å². The molecule has 0 fully saturated rings. The zero-order valence-corrected chi connectivity index (χ0v) is 24.1. The number of rotatable bonds is 15. The summed E-state index contributed by atoms with van der Waals surface area (Å²) in [6, 6.07) is 14.6. The first-order valence-corrected chi connectivity index (χ1v) is 13.6. The molecule has 0 bridgehead atoms. The molecule has 0 saturated carbocycles. The maximum Gasteiger partial charge on any atom is 0.311 e. The summed E-state index contributed by atoms with van der Waals surface area (Å²) in [5.74, 6) is -0.173. The van der Waals surface area contributed by atoms with E-state index in [4.69, 9.17) is 9.47 Å². The van der Waals surface area contributed by atoms with E-state index in [-0.39, 0.29) is 55.7 Å². The molecule has 8 heteroatoms. The van der Waals surface area contributed by atoms with Gasteiger partial charge in [-0.2, -0.15) is 0 Å². The van der Waals surface area contributed by atoms with Crippen LogP contribution in [-0.4, -0.2) is 41.6 Å². The van der Waals surface area contributed by atoms with Crippen molar-refractivity contribution in [2.24, 2.45) is 11.8 Å². The van der Waals surface area contributed by atoms with Gasteiger partial charge in [0.15, 0.2) is 0 Å². The molecule has 0 aliphatic heterocycles. The number of aliphatic hydroxyl groups is 1.